The summed E-state index contributed by atoms with van der Waals surface area (Å²) in [6.45, 7) is 12.2. The summed E-state index contributed by atoms with van der Waals surface area (Å²) in [5.74, 6) is 1.42. The largest absolute Gasteiger partial charge is 0.344 e. The van der Waals surface area contributed by atoms with Crippen LogP contribution in [0.1, 0.15) is 38.9 Å². The maximum atomic E-state index is 4.62. The average Bonchev–Trinajstić information content (AvgIpc) is 2.80. The van der Waals surface area contributed by atoms with Crippen molar-refractivity contribution in [2.45, 2.75) is 33.1 Å². The molecule has 0 atom stereocenters. The van der Waals surface area contributed by atoms with E-state index in [1.54, 1.807) is 11.5 Å². The normalized spacial score (nSPS) is 18.0. The maximum absolute atomic E-state index is 4.62. The Balaban J connectivity index is 1.91. The molecular weight excluding hydrogens is 232 g/mol. The molecule has 5 heteroatoms. The van der Waals surface area contributed by atoms with Gasteiger partial charge in [-0.3, -0.25) is 4.90 Å². The van der Waals surface area contributed by atoms with E-state index < -0.39 is 0 Å². The molecule has 0 saturated carbocycles. The Morgan fingerprint density at radius 1 is 1.24 bits per heavy atom. The first-order valence-corrected chi connectivity index (χ1v) is 7.29. The Hall–Kier alpha value is -0.680. The van der Waals surface area contributed by atoms with Crippen LogP contribution >= 0.6 is 11.5 Å². The van der Waals surface area contributed by atoms with Crippen molar-refractivity contribution < 1.29 is 0 Å². The lowest BCUT2D eigenvalue weighted by atomic mass is 10.2. The van der Waals surface area contributed by atoms with Crippen LogP contribution in [0.3, 0.4) is 0 Å². The SMILES string of the molecule is CCCN1CCN(c2nc(C(C)C)ns2)CC1. The van der Waals surface area contributed by atoms with Crippen molar-refractivity contribution in [1.29, 1.82) is 0 Å². The molecule has 0 aromatic carbocycles. The number of nitrogens with zero attached hydrogens (tertiary/aromatic N) is 4. The lowest BCUT2D eigenvalue weighted by molar-refractivity contribution is 0.258. The van der Waals surface area contributed by atoms with Gasteiger partial charge in [-0.05, 0) is 13.0 Å². The lowest BCUT2D eigenvalue weighted by Gasteiger charge is -2.34. The van der Waals surface area contributed by atoms with Gasteiger partial charge in [0.1, 0.15) is 5.82 Å². The van der Waals surface area contributed by atoms with Crippen LogP contribution in [0, 0.1) is 0 Å². The second kappa shape index (κ2) is 5.78. The quantitative estimate of drug-likeness (QED) is 0.824. The van der Waals surface area contributed by atoms with Crippen LogP contribution in [0.15, 0.2) is 0 Å². The number of hydrogen-bond acceptors (Lipinski definition) is 5. The molecule has 1 aliphatic heterocycles. The Morgan fingerprint density at radius 2 is 1.94 bits per heavy atom. The van der Waals surface area contributed by atoms with Gasteiger partial charge in [0.2, 0.25) is 5.13 Å². The highest BCUT2D eigenvalue weighted by Crippen LogP contribution is 2.22. The minimum absolute atomic E-state index is 0.432. The predicted octanol–water partition coefficient (Wildman–Crippen LogP) is 2.19. The molecule has 1 fully saturated rings. The van der Waals surface area contributed by atoms with Gasteiger partial charge in [-0.2, -0.15) is 4.37 Å². The Bertz CT molecular complexity index is 342. The fourth-order valence-electron chi connectivity index (χ4n) is 2.07. The minimum atomic E-state index is 0.432. The molecule has 96 valence electrons. The van der Waals surface area contributed by atoms with Crippen molar-refractivity contribution in [3.63, 3.8) is 0 Å². The van der Waals surface area contributed by atoms with Gasteiger partial charge in [0.05, 0.1) is 0 Å². The van der Waals surface area contributed by atoms with Crippen LogP contribution in [-0.2, 0) is 0 Å². The topological polar surface area (TPSA) is 32.3 Å². The summed E-state index contributed by atoms with van der Waals surface area (Å²) in [5, 5.41) is 1.10. The van der Waals surface area contributed by atoms with E-state index in [1.807, 2.05) is 0 Å². The molecule has 1 aromatic rings. The zero-order chi connectivity index (χ0) is 12.3. The molecule has 17 heavy (non-hydrogen) atoms. The molecule has 0 spiro atoms. The summed E-state index contributed by atoms with van der Waals surface area (Å²) in [6, 6.07) is 0. The van der Waals surface area contributed by atoms with Gasteiger partial charge in [-0.15, -0.1) is 0 Å². The van der Waals surface area contributed by atoms with E-state index in [0.29, 0.717) is 5.92 Å². The lowest BCUT2D eigenvalue weighted by Crippen LogP contribution is -2.46. The van der Waals surface area contributed by atoms with E-state index in [2.05, 4.69) is 39.9 Å². The van der Waals surface area contributed by atoms with Crippen LogP contribution in [0.2, 0.25) is 0 Å². The molecule has 1 saturated heterocycles. The van der Waals surface area contributed by atoms with Crippen molar-refractivity contribution in [1.82, 2.24) is 14.3 Å². The first-order valence-electron chi connectivity index (χ1n) is 6.51. The van der Waals surface area contributed by atoms with E-state index in [4.69, 9.17) is 0 Å². The Labute approximate surface area is 108 Å². The van der Waals surface area contributed by atoms with E-state index in [0.717, 1.165) is 37.1 Å². The van der Waals surface area contributed by atoms with Crippen molar-refractivity contribution in [3.05, 3.63) is 5.82 Å². The monoisotopic (exact) mass is 254 g/mol. The van der Waals surface area contributed by atoms with Gasteiger partial charge in [0.15, 0.2) is 0 Å². The highest BCUT2D eigenvalue weighted by Gasteiger charge is 2.19. The molecule has 4 nitrogen and oxygen atoms in total. The van der Waals surface area contributed by atoms with E-state index in [-0.39, 0.29) is 0 Å². The molecule has 0 amide bonds. The fourth-order valence-corrected chi connectivity index (χ4v) is 2.93. The molecule has 0 bridgehead atoms. The van der Waals surface area contributed by atoms with Crippen LogP contribution in [0.25, 0.3) is 0 Å². The summed E-state index contributed by atoms with van der Waals surface area (Å²) in [4.78, 5) is 9.52. The maximum Gasteiger partial charge on any atom is 0.205 e. The highest BCUT2D eigenvalue weighted by atomic mass is 32.1. The molecule has 1 aromatic heterocycles. The standard InChI is InChI=1S/C12H22N4S/c1-4-5-15-6-8-16(9-7-15)12-13-11(10(2)3)14-17-12/h10H,4-9H2,1-3H3. The van der Waals surface area contributed by atoms with Crippen LogP contribution in [-0.4, -0.2) is 47.0 Å². The van der Waals surface area contributed by atoms with Crippen molar-refractivity contribution in [2.24, 2.45) is 0 Å². The predicted molar refractivity (Wildman–Crippen MR) is 72.9 cm³/mol. The van der Waals surface area contributed by atoms with Gasteiger partial charge in [-0.1, -0.05) is 20.8 Å². The molecular formula is C12H22N4S. The van der Waals surface area contributed by atoms with Gasteiger partial charge in [0, 0.05) is 43.6 Å². The molecule has 0 N–H and O–H groups in total. The number of hydrogen-bond donors (Lipinski definition) is 0. The van der Waals surface area contributed by atoms with Crippen LogP contribution < -0.4 is 4.90 Å². The second-order valence-electron chi connectivity index (χ2n) is 4.92. The van der Waals surface area contributed by atoms with Crippen molar-refractivity contribution >= 4 is 16.7 Å². The summed E-state index contributed by atoms with van der Waals surface area (Å²) >= 11 is 1.55. The van der Waals surface area contributed by atoms with Crippen LogP contribution in [0.5, 0.6) is 0 Å². The molecule has 0 aliphatic carbocycles. The third kappa shape index (κ3) is 3.16. The summed E-state index contributed by atoms with van der Waals surface area (Å²) in [6.07, 6.45) is 1.25. The smallest absolute Gasteiger partial charge is 0.205 e. The Morgan fingerprint density at radius 3 is 2.47 bits per heavy atom. The highest BCUT2D eigenvalue weighted by molar-refractivity contribution is 7.09. The molecule has 0 unspecified atom stereocenters. The first-order chi connectivity index (χ1) is 8.20. The van der Waals surface area contributed by atoms with Crippen molar-refractivity contribution in [3.8, 4) is 0 Å². The zero-order valence-corrected chi connectivity index (χ0v) is 11.8. The summed E-state index contributed by atoms with van der Waals surface area (Å²) in [7, 11) is 0. The molecule has 2 heterocycles. The molecule has 2 rings (SSSR count). The zero-order valence-electron chi connectivity index (χ0n) is 11.0. The van der Waals surface area contributed by atoms with E-state index in [1.165, 1.54) is 13.0 Å². The first kappa shape index (κ1) is 12.8. The third-order valence-electron chi connectivity index (χ3n) is 3.13. The summed E-state index contributed by atoms with van der Waals surface area (Å²) in [5.41, 5.74) is 0. The minimum Gasteiger partial charge on any atom is -0.344 e. The Kier molecular flexibility index (Phi) is 4.34. The van der Waals surface area contributed by atoms with Crippen molar-refractivity contribution in [2.75, 3.05) is 37.6 Å². The van der Waals surface area contributed by atoms with Gasteiger partial charge in [0.25, 0.3) is 0 Å². The number of piperazine rings is 1. The van der Waals surface area contributed by atoms with E-state index in [9.17, 15) is 0 Å². The van der Waals surface area contributed by atoms with E-state index >= 15 is 0 Å². The second-order valence-corrected chi connectivity index (χ2v) is 5.65. The summed E-state index contributed by atoms with van der Waals surface area (Å²) < 4.78 is 4.42. The van der Waals surface area contributed by atoms with Gasteiger partial charge >= 0.3 is 0 Å². The molecule has 1 aliphatic rings. The van der Waals surface area contributed by atoms with Crippen LogP contribution in [0.4, 0.5) is 5.13 Å². The fraction of sp³-hybridized carbons (Fsp3) is 0.833. The van der Waals surface area contributed by atoms with Gasteiger partial charge in [-0.25, -0.2) is 4.98 Å². The third-order valence-corrected chi connectivity index (χ3v) is 3.92. The number of anilines is 1. The molecule has 0 radical (unpaired) electrons. The average molecular weight is 254 g/mol. The number of rotatable bonds is 4. The number of aromatic nitrogens is 2. The van der Waals surface area contributed by atoms with Gasteiger partial charge < -0.3 is 4.90 Å².